The Balaban J connectivity index is 1.23. The second-order valence-electron chi connectivity index (χ2n) is 10.8. The Bertz CT molecular complexity index is 1340. The number of carbonyl (C=O) groups excluding carboxylic acids is 1. The summed E-state index contributed by atoms with van der Waals surface area (Å²) in [6, 6.07) is 7.46. The lowest BCUT2D eigenvalue weighted by atomic mass is 9.65. The highest BCUT2D eigenvalue weighted by molar-refractivity contribution is 7.18. The van der Waals surface area contributed by atoms with Gasteiger partial charge < -0.3 is 25.2 Å². The van der Waals surface area contributed by atoms with Crippen LogP contribution in [0.5, 0.6) is 5.75 Å². The number of benzene rings is 1. The van der Waals surface area contributed by atoms with Crippen molar-refractivity contribution in [3.63, 3.8) is 0 Å². The molecule has 5 rings (SSSR count). The molecule has 39 heavy (non-hydrogen) atoms. The molecule has 1 spiro atoms. The molecule has 3 aromatic rings. The minimum absolute atomic E-state index is 0.146. The van der Waals surface area contributed by atoms with Gasteiger partial charge in [0.1, 0.15) is 29.3 Å². The molecule has 0 radical (unpaired) electrons. The van der Waals surface area contributed by atoms with Gasteiger partial charge in [-0.15, -0.1) is 11.3 Å². The minimum atomic E-state index is -4.25. The zero-order valence-electron chi connectivity index (χ0n) is 22.3. The van der Waals surface area contributed by atoms with E-state index in [2.05, 4.69) is 25.5 Å². The van der Waals surface area contributed by atoms with Gasteiger partial charge in [-0.25, -0.2) is 9.97 Å². The summed E-state index contributed by atoms with van der Waals surface area (Å²) in [6.07, 6.45) is -0.782. The van der Waals surface area contributed by atoms with Crippen LogP contribution in [-0.2, 0) is 6.42 Å². The number of anilines is 2. The summed E-state index contributed by atoms with van der Waals surface area (Å²) in [6.45, 7) is 2.84. The normalized spacial score (nSPS) is 21.0. The molecule has 0 unspecified atom stereocenters. The number of carbonyl (C=O) groups is 1. The number of aromatic nitrogens is 2. The topological polar surface area (TPSA) is 82.6 Å². The van der Waals surface area contributed by atoms with Gasteiger partial charge in [0.25, 0.3) is 5.91 Å². The van der Waals surface area contributed by atoms with E-state index >= 15 is 0 Å². The van der Waals surface area contributed by atoms with Crippen molar-refractivity contribution in [3.05, 3.63) is 41.0 Å². The summed E-state index contributed by atoms with van der Waals surface area (Å²) in [7, 11) is 5.54. The lowest BCUT2D eigenvalue weighted by molar-refractivity contribution is -0.126. The predicted molar refractivity (Wildman–Crippen MR) is 147 cm³/mol. The fourth-order valence-electron chi connectivity index (χ4n) is 5.59. The predicted octanol–water partition coefficient (Wildman–Crippen LogP) is 4.57. The Morgan fingerprint density at radius 3 is 2.77 bits per heavy atom. The Morgan fingerprint density at radius 2 is 2.05 bits per heavy atom. The van der Waals surface area contributed by atoms with Gasteiger partial charge in [-0.2, -0.15) is 13.2 Å². The summed E-state index contributed by atoms with van der Waals surface area (Å²) >= 11 is 1.08. The standard InChI is InChI=1S/C27H33F3N6O2S/c1-31-24(37)20-5-4-17(10-22(20)38-9-8-35(2)3)34-18-12-26(13-18)6-7-36(15-26)23-21-11-19(14-27(28,29)30)39-25(21)33-16-32-23/h4-5,10-11,16,18,34H,6-9,12-15H2,1-3H3,(H,31,37). The van der Waals surface area contributed by atoms with Crippen molar-refractivity contribution < 1.29 is 22.7 Å². The van der Waals surface area contributed by atoms with Gasteiger partial charge in [0.05, 0.1) is 17.4 Å². The number of alkyl halides is 3. The molecule has 0 bridgehead atoms. The van der Waals surface area contributed by atoms with E-state index in [0.29, 0.717) is 28.1 Å². The van der Waals surface area contributed by atoms with Crippen molar-refractivity contribution in [2.24, 2.45) is 5.41 Å². The second-order valence-corrected chi connectivity index (χ2v) is 11.9. The third kappa shape index (κ3) is 6.22. The molecule has 2 fully saturated rings. The maximum atomic E-state index is 12.9. The summed E-state index contributed by atoms with van der Waals surface area (Å²) < 4.78 is 44.7. The van der Waals surface area contributed by atoms with Crippen LogP contribution < -0.4 is 20.3 Å². The van der Waals surface area contributed by atoms with Crippen molar-refractivity contribution in [1.82, 2.24) is 20.2 Å². The number of hydrogen-bond donors (Lipinski definition) is 2. The molecule has 1 aliphatic heterocycles. The summed E-state index contributed by atoms with van der Waals surface area (Å²) in [4.78, 5) is 26.1. The first-order valence-corrected chi connectivity index (χ1v) is 13.8. The van der Waals surface area contributed by atoms with Gasteiger partial charge in [-0.1, -0.05) is 0 Å². The molecule has 1 amide bonds. The number of hydrogen-bond acceptors (Lipinski definition) is 8. The van der Waals surface area contributed by atoms with Crippen LogP contribution in [0.1, 0.15) is 34.5 Å². The van der Waals surface area contributed by atoms with Crippen LogP contribution in [0.15, 0.2) is 30.6 Å². The Hall–Kier alpha value is -3.12. The number of ether oxygens (including phenoxy) is 1. The van der Waals surface area contributed by atoms with E-state index in [4.69, 9.17) is 4.74 Å². The number of nitrogens with one attached hydrogen (secondary N) is 2. The quantitative estimate of drug-likeness (QED) is 0.396. The zero-order valence-corrected chi connectivity index (χ0v) is 23.1. The highest BCUT2D eigenvalue weighted by atomic mass is 32.1. The monoisotopic (exact) mass is 562 g/mol. The van der Waals surface area contributed by atoms with Crippen molar-refractivity contribution in [2.75, 3.05) is 57.6 Å². The second kappa shape index (κ2) is 10.8. The number of rotatable bonds is 9. The highest BCUT2D eigenvalue weighted by Gasteiger charge is 2.49. The van der Waals surface area contributed by atoms with E-state index in [1.807, 2.05) is 31.1 Å². The number of thiophene rings is 1. The first kappa shape index (κ1) is 27.4. The van der Waals surface area contributed by atoms with Crippen LogP contribution in [0.2, 0.25) is 0 Å². The van der Waals surface area contributed by atoms with Crippen molar-refractivity contribution in [3.8, 4) is 5.75 Å². The summed E-state index contributed by atoms with van der Waals surface area (Å²) in [5.41, 5.74) is 1.55. The van der Waals surface area contributed by atoms with E-state index < -0.39 is 12.6 Å². The third-order valence-corrected chi connectivity index (χ3v) is 8.49. The van der Waals surface area contributed by atoms with Gasteiger partial charge in [-0.3, -0.25) is 4.79 Å². The largest absolute Gasteiger partial charge is 0.491 e. The fourth-order valence-corrected chi connectivity index (χ4v) is 6.62. The van der Waals surface area contributed by atoms with E-state index in [9.17, 15) is 18.0 Å². The molecule has 0 atom stereocenters. The van der Waals surface area contributed by atoms with E-state index in [0.717, 1.165) is 61.7 Å². The molecule has 2 aromatic heterocycles. The molecule has 1 aliphatic carbocycles. The first-order chi connectivity index (χ1) is 18.5. The van der Waals surface area contributed by atoms with Gasteiger partial charge in [0.15, 0.2) is 0 Å². The average molecular weight is 563 g/mol. The van der Waals surface area contributed by atoms with Gasteiger partial charge in [0, 0.05) is 49.4 Å². The minimum Gasteiger partial charge on any atom is -0.491 e. The highest BCUT2D eigenvalue weighted by Crippen LogP contribution is 2.50. The Morgan fingerprint density at radius 1 is 1.26 bits per heavy atom. The van der Waals surface area contributed by atoms with Gasteiger partial charge in [-0.05, 0) is 57.0 Å². The van der Waals surface area contributed by atoms with Crippen LogP contribution in [-0.4, -0.2) is 80.4 Å². The molecule has 2 N–H and O–H groups in total. The van der Waals surface area contributed by atoms with Crippen LogP contribution >= 0.6 is 11.3 Å². The van der Waals surface area contributed by atoms with Crippen molar-refractivity contribution in [1.29, 1.82) is 0 Å². The molecule has 1 saturated carbocycles. The van der Waals surface area contributed by atoms with E-state index in [1.165, 1.54) is 6.33 Å². The first-order valence-electron chi connectivity index (χ1n) is 13.0. The zero-order chi connectivity index (χ0) is 27.8. The van der Waals surface area contributed by atoms with E-state index in [1.54, 1.807) is 19.2 Å². The van der Waals surface area contributed by atoms with Gasteiger partial charge >= 0.3 is 6.18 Å². The molecule has 2 aliphatic rings. The maximum Gasteiger partial charge on any atom is 0.393 e. The number of halogens is 3. The molecule has 210 valence electrons. The molecule has 8 nitrogen and oxygen atoms in total. The third-order valence-electron chi connectivity index (χ3n) is 7.45. The number of fused-ring (bicyclic) bond motifs is 1. The Kier molecular flexibility index (Phi) is 7.60. The summed E-state index contributed by atoms with van der Waals surface area (Å²) in [5, 5.41) is 6.95. The maximum absolute atomic E-state index is 12.9. The number of likely N-dealkylation sites (N-methyl/N-ethyl adjacent to an activating group) is 1. The van der Waals surface area contributed by atoms with Crippen LogP contribution in [0.3, 0.4) is 0 Å². The Labute approximate surface area is 229 Å². The fraction of sp³-hybridized carbons (Fsp3) is 0.519. The van der Waals surface area contributed by atoms with Crippen LogP contribution in [0.25, 0.3) is 10.2 Å². The molecule has 1 saturated heterocycles. The van der Waals surface area contributed by atoms with Gasteiger partial charge in [0.2, 0.25) is 0 Å². The molecule has 3 heterocycles. The molecular weight excluding hydrogens is 529 g/mol. The molecular formula is C27H33F3N6O2S. The SMILES string of the molecule is CNC(=O)c1ccc(NC2CC3(CCN(c4ncnc5sc(CC(F)(F)F)cc45)C3)C2)cc1OCCN(C)C. The van der Waals surface area contributed by atoms with Crippen molar-refractivity contribution >= 4 is 39.0 Å². The summed E-state index contributed by atoms with van der Waals surface area (Å²) in [5.74, 6) is 1.09. The molecule has 12 heteroatoms. The lowest BCUT2D eigenvalue weighted by Crippen LogP contribution is -2.46. The van der Waals surface area contributed by atoms with E-state index in [-0.39, 0.29) is 22.2 Å². The van der Waals surface area contributed by atoms with Crippen LogP contribution in [0, 0.1) is 5.41 Å². The lowest BCUT2D eigenvalue weighted by Gasteiger charge is -2.46. The smallest absolute Gasteiger partial charge is 0.393 e. The average Bonchev–Trinajstić information content (AvgIpc) is 3.46. The number of amides is 1. The van der Waals surface area contributed by atoms with Crippen molar-refractivity contribution in [2.45, 2.75) is 37.9 Å². The van der Waals surface area contributed by atoms with Crippen LogP contribution in [0.4, 0.5) is 24.7 Å². The molecule has 1 aromatic carbocycles. The number of nitrogens with zero attached hydrogens (tertiary/aromatic N) is 4.